The lowest BCUT2D eigenvalue weighted by Crippen LogP contribution is -2.45. The largest absolute Gasteiger partial charge is 0.353 e. The van der Waals surface area contributed by atoms with Gasteiger partial charge in [0.25, 0.3) is 0 Å². The van der Waals surface area contributed by atoms with Gasteiger partial charge in [-0.2, -0.15) is 0 Å². The third-order valence-electron chi connectivity index (χ3n) is 5.00. The molecule has 0 aromatic heterocycles. The molecule has 1 saturated heterocycles. The lowest BCUT2D eigenvalue weighted by molar-refractivity contribution is -0.123. The van der Waals surface area contributed by atoms with Crippen molar-refractivity contribution < 1.29 is 13.2 Å². The summed E-state index contributed by atoms with van der Waals surface area (Å²) in [7, 11) is -1.10. The first-order valence-corrected chi connectivity index (χ1v) is 10.7. The molecule has 1 aliphatic rings. The van der Waals surface area contributed by atoms with Gasteiger partial charge in [-0.1, -0.05) is 44.2 Å². The van der Waals surface area contributed by atoms with Crippen molar-refractivity contribution in [2.45, 2.75) is 51.1 Å². The van der Waals surface area contributed by atoms with Gasteiger partial charge in [0.15, 0.2) is 9.84 Å². The van der Waals surface area contributed by atoms with Crippen LogP contribution in [0.3, 0.4) is 0 Å². The topological polar surface area (TPSA) is 66.5 Å². The molecule has 0 bridgehead atoms. The highest BCUT2D eigenvalue weighted by molar-refractivity contribution is 7.91. The lowest BCUT2D eigenvalue weighted by atomic mass is 9.79. The number of hydrogen-bond donors (Lipinski definition) is 1. The van der Waals surface area contributed by atoms with E-state index in [0.29, 0.717) is 6.42 Å². The molecular formula is C19H30N2O3S. The predicted molar refractivity (Wildman–Crippen MR) is 101 cm³/mol. The molecule has 0 radical (unpaired) electrons. The zero-order chi connectivity index (χ0) is 18.7. The van der Waals surface area contributed by atoms with Gasteiger partial charge in [0.1, 0.15) is 0 Å². The number of sulfone groups is 1. The molecule has 2 atom stereocenters. The highest BCUT2D eigenvalue weighted by Crippen LogP contribution is 2.28. The molecule has 1 amide bonds. The van der Waals surface area contributed by atoms with E-state index in [4.69, 9.17) is 0 Å². The van der Waals surface area contributed by atoms with E-state index in [1.54, 1.807) is 0 Å². The van der Waals surface area contributed by atoms with Crippen molar-refractivity contribution in [3.05, 3.63) is 35.9 Å². The van der Waals surface area contributed by atoms with Crippen LogP contribution < -0.4 is 5.32 Å². The molecule has 1 aromatic carbocycles. The molecule has 140 valence electrons. The normalized spacial score (nSPS) is 21.2. The molecule has 25 heavy (non-hydrogen) atoms. The summed E-state index contributed by atoms with van der Waals surface area (Å²) in [5, 5.41) is 3.05. The molecule has 5 nitrogen and oxygen atoms in total. The van der Waals surface area contributed by atoms with Gasteiger partial charge in [-0.3, -0.25) is 9.69 Å². The van der Waals surface area contributed by atoms with Crippen LogP contribution in [-0.2, 0) is 20.0 Å². The second-order valence-corrected chi connectivity index (χ2v) is 10.1. The van der Waals surface area contributed by atoms with Crippen molar-refractivity contribution in [1.29, 1.82) is 0 Å². The van der Waals surface area contributed by atoms with Gasteiger partial charge in [-0.15, -0.1) is 0 Å². The fourth-order valence-electron chi connectivity index (χ4n) is 3.62. The van der Waals surface area contributed by atoms with Crippen LogP contribution in [0.5, 0.6) is 0 Å². The zero-order valence-corrected chi connectivity index (χ0v) is 16.5. The van der Waals surface area contributed by atoms with E-state index in [2.05, 4.69) is 31.3 Å². The van der Waals surface area contributed by atoms with Crippen LogP contribution in [-0.4, -0.2) is 56.4 Å². The number of nitrogens with zero attached hydrogens (tertiary/aromatic N) is 1. The Morgan fingerprint density at radius 2 is 1.96 bits per heavy atom. The van der Waals surface area contributed by atoms with E-state index >= 15 is 0 Å². The minimum atomic E-state index is -2.93. The van der Waals surface area contributed by atoms with Crippen LogP contribution in [0, 0.1) is 0 Å². The lowest BCUT2D eigenvalue weighted by Gasteiger charge is -2.30. The summed E-state index contributed by atoms with van der Waals surface area (Å²) in [6.45, 7) is 6.61. The molecule has 0 spiro atoms. The maximum absolute atomic E-state index is 12.3. The van der Waals surface area contributed by atoms with Gasteiger partial charge in [-0.05, 0) is 37.8 Å². The Morgan fingerprint density at radius 3 is 2.52 bits per heavy atom. The quantitative estimate of drug-likeness (QED) is 0.801. The van der Waals surface area contributed by atoms with Gasteiger partial charge in [-0.25, -0.2) is 8.42 Å². The molecule has 1 aromatic rings. The van der Waals surface area contributed by atoms with Gasteiger partial charge in [0, 0.05) is 12.1 Å². The molecule has 2 rings (SSSR count). The Bertz CT molecular complexity index is 686. The Morgan fingerprint density at radius 1 is 1.32 bits per heavy atom. The second kappa shape index (κ2) is 7.87. The maximum atomic E-state index is 12.3. The van der Waals surface area contributed by atoms with E-state index in [1.807, 2.05) is 37.1 Å². The second-order valence-electron chi connectivity index (χ2n) is 7.89. The minimum absolute atomic E-state index is 0.0284. The number of carbonyl (C=O) groups is 1. The Balaban J connectivity index is 1.84. The fraction of sp³-hybridized carbons (Fsp3) is 0.632. The van der Waals surface area contributed by atoms with Gasteiger partial charge < -0.3 is 5.32 Å². The Labute approximate surface area is 151 Å². The summed E-state index contributed by atoms with van der Waals surface area (Å²) in [5.74, 6) is 0.335. The standard InChI is InChI=1S/C19H30N2O3S/c1-15(12-19(2,3)16-8-6-5-7-9-16)20-18(22)13-21(4)17-10-11-25(23,24)14-17/h5-9,15,17H,10-14H2,1-4H3,(H,20,22)/t15-,17-/m0/s1. The third-order valence-corrected chi connectivity index (χ3v) is 6.75. The van der Waals surface area contributed by atoms with Crippen LogP contribution in [0.1, 0.15) is 39.2 Å². The average molecular weight is 367 g/mol. The average Bonchev–Trinajstić information content (AvgIpc) is 2.87. The van der Waals surface area contributed by atoms with E-state index in [9.17, 15) is 13.2 Å². The van der Waals surface area contributed by atoms with Crippen LogP contribution >= 0.6 is 0 Å². The molecular weight excluding hydrogens is 336 g/mol. The predicted octanol–water partition coefficient (Wildman–Crippen LogP) is 1.98. The number of carbonyl (C=O) groups excluding carboxylic acids is 1. The molecule has 1 fully saturated rings. The first kappa shape index (κ1) is 19.9. The molecule has 1 heterocycles. The fourth-order valence-corrected chi connectivity index (χ4v) is 5.43. The maximum Gasteiger partial charge on any atom is 0.234 e. The summed E-state index contributed by atoms with van der Waals surface area (Å²) in [6, 6.07) is 10.3. The van der Waals surface area contributed by atoms with Crippen molar-refractivity contribution in [2.75, 3.05) is 25.1 Å². The van der Waals surface area contributed by atoms with Crippen molar-refractivity contribution in [1.82, 2.24) is 10.2 Å². The summed E-state index contributed by atoms with van der Waals surface area (Å²) in [5.41, 5.74) is 1.23. The molecule has 1 N–H and O–H groups in total. The zero-order valence-electron chi connectivity index (χ0n) is 15.7. The molecule has 0 saturated carbocycles. The highest BCUT2D eigenvalue weighted by atomic mass is 32.2. The summed E-state index contributed by atoms with van der Waals surface area (Å²) < 4.78 is 23.1. The van der Waals surface area contributed by atoms with Gasteiger partial charge >= 0.3 is 0 Å². The summed E-state index contributed by atoms with van der Waals surface area (Å²) in [6.07, 6.45) is 1.45. The molecule has 0 unspecified atom stereocenters. The highest BCUT2D eigenvalue weighted by Gasteiger charge is 2.31. The monoisotopic (exact) mass is 366 g/mol. The van der Waals surface area contributed by atoms with Crippen LogP contribution in [0.4, 0.5) is 0 Å². The van der Waals surface area contributed by atoms with Crippen molar-refractivity contribution in [3.8, 4) is 0 Å². The number of likely N-dealkylation sites (N-methyl/N-ethyl adjacent to an activating group) is 1. The molecule has 0 aliphatic carbocycles. The van der Waals surface area contributed by atoms with Crippen molar-refractivity contribution in [2.24, 2.45) is 0 Å². The van der Waals surface area contributed by atoms with Crippen LogP contribution in [0.15, 0.2) is 30.3 Å². The number of benzene rings is 1. The third kappa shape index (κ3) is 5.82. The summed E-state index contributed by atoms with van der Waals surface area (Å²) >= 11 is 0. The number of rotatable bonds is 7. The van der Waals surface area contributed by atoms with Gasteiger partial charge in [0.05, 0.1) is 18.1 Å². The number of nitrogens with one attached hydrogen (secondary N) is 1. The minimum Gasteiger partial charge on any atom is -0.353 e. The van der Waals surface area contributed by atoms with Crippen molar-refractivity contribution in [3.63, 3.8) is 0 Å². The van der Waals surface area contributed by atoms with Crippen LogP contribution in [0.2, 0.25) is 0 Å². The van der Waals surface area contributed by atoms with Crippen molar-refractivity contribution >= 4 is 15.7 Å². The first-order chi connectivity index (χ1) is 11.6. The number of amides is 1. The number of hydrogen-bond acceptors (Lipinski definition) is 4. The SMILES string of the molecule is C[C@@H](CC(C)(C)c1ccccc1)NC(=O)CN(C)[C@H]1CCS(=O)(=O)C1. The Hall–Kier alpha value is -1.40. The molecule has 1 aliphatic heterocycles. The van der Waals surface area contributed by atoms with E-state index in [1.165, 1.54) is 5.56 Å². The molecule has 6 heteroatoms. The van der Waals surface area contributed by atoms with Gasteiger partial charge in [0.2, 0.25) is 5.91 Å². The van der Waals surface area contributed by atoms with E-state index in [-0.39, 0.29) is 41.5 Å². The smallest absolute Gasteiger partial charge is 0.234 e. The van der Waals surface area contributed by atoms with E-state index in [0.717, 1.165) is 6.42 Å². The van der Waals surface area contributed by atoms with Crippen LogP contribution in [0.25, 0.3) is 0 Å². The first-order valence-electron chi connectivity index (χ1n) is 8.85. The Kier molecular flexibility index (Phi) is 6.27. The summed E-state index contributed by atoms with van der Waals surface area (Å²) in [4.78, 5) is 14.2. The van der Waals surface area contributed by atoms with E-state index < -0.39 is 9.84 Å².